The number of hydrogen-bond acceptors (Lipinski definition) is 2. The normalized spacial score (nSPS) is 20.6. The fourth-order valence-corrected chi connectivity index (χ4v) is 6.08. The van der Waals surface area contributed by atoms with Crippen LogP contribution in [0.15, 0.2) is 54.6 Å². The fraction of sp³-hybridized carbons (Fsp3) is 0.130. The van der Waals surface area contributed by atoms with Crippen LogP contribution in [0.4, 0.5) is 14.5 Å². The lowest BCUT2D eigenvalue weighted by Gasteiger charge is -2.20. The average Bonchev–Trinajstić information content (AvgIpc) is 3.28. The number of carbonyl (C=O) groups is 2. The molecule has 2 amide bonds. The van der Waals surface area contributed by atoms with Crippen molar-refractivity contribution in [3.63, 3.8) is 0 Å². The quantitative estimate of drug-likeness (QED) is 0.332. The van der Waals surface area contributed by atoms with Crippen LogP contribution in [0.3, 0.4) is 0 Å². The molecule has 3 aromatic carbocycles. The van der Waals surface area contributed by atoms with E-state index >= 15 is 0 Å². The van der Waals surface area contributed by atoms with Gasteiger partial charge in [0.1, 0.15) is 21.4 Å². The molecule has 0 aromatic heterocycles. The second kappa shape index (κ2) is 8.85. The summed E-state index contributed by atoms with van der Waals surface area (Å²) in [5.74, 6) is -3.75. The highest BCUT2D eigenvalue weighted by Gasteiger charge is 2.81. The minimum atomic E-state index is -1.79. The second-order valence-electron chi connectivity index (χ2n) is 7.65. The Morgan fingerprint density at radius 1 is 0.912 bits per heavy atom. The van der Waals surface area contributed by atoms with Crippen LogP contribution in [0.25, 0.3) is 0 Å². The van der Waals surface area contributed by atoms with Gasteiger partial charge in [-0.15, -0.1) is 0 Å². The largest absolute Gasteiger partial charge is 0.369 e. The van der Waals surface area contributed by atoms with E-state index in [9.17, 15) is 18.4 Å². The number of carbonyl (C=O) groups excluding carboxylic acids is 2. The molecule has 4 nitrogen and oxygen atoms in total. The molecule has 0 aliphatic heterocycles. The summed E-state index contributed by atoms with van der Waals surface area (Å²) >= 11 is 31.9. The Bertz CT molecular complexity index is 1330. The van der Waals surface area contributed by atoms with Gasteiger partial charge in [-0.3, -0.25) is 9.59 Å². The Morgan fingerprint density at radius 3 is 2.15 bits per heavy atom. The smallest absolute Gasteiger partial charge is 0.258 e. The Balaban J connectivity index is 1.82. The summed E-state index contributed by atoms with van der Waals surface area (Å²) in [4.78, 5) is 25.8. The van der Waals surface area contributed by atoms with Crippen LogP contribution in [0.1, 0.15) is 27.4 Å². The van der Waals surface area contributed by atoms with Gasteiger partial charge in [0, 0.05) is 11.6 Å². The molecule has 0 bridgehead atoms. The summed E-state index contributed by atoms with van der Waals surface area (Å²) in [6.07, 6.45) is 0. The number of benzene rings is 3. The first-order valence-electron chi connectivity index (χ1n) is 9.61. The standard InChI is InChI=1S/C23H13Cl5F2N2O2/c24-14-7-6-13(18(26)17(14)20(33)32-12-4-2-11(29)3-5-12)22(21(31)34)19(23(22,27)28)10-1-8-16(30)15(25)9-10/h1-9,19H,(H2,31,34)(H,32,33). The Kier molecular flexibility index (Phi) is 6.51. The third kappa shape index (κ3) is 3.82. The molecule has 0 radical (unpaired) electrons. The van der Waals surface area contributed by atoms with Crippen LogP contribution in [0.5, 0.6) is 0 Å². The fourth-order valence-electron chi connectivity index (χ4n) is 4.12. The third-order valence-electron chi connectivity index (χ3n) is 5.75. The molecule has 1 aliphatic rings. The van der Waals surface area contributed by atoms with Crippen molar-refractivity contribution in [2.45, 2.75) is 15.7 Å². The topological polar surface area (TPSA) is 72.2 Å². The average molecular weight is 565 g/mol. The molecule has 3 N–H and O–H groups in total. The van der Waals surface area contributed by atoms with Gasteiger partial charge < -0.3 is 11.1 Å². The van der Waals surface area contributed by atoms with Crippen molar-refractivity contribution < 1.29 is 18.4 Å². The van der Waals surface area contributed by atoms with E-state index < -0.39 is 39.1 Å². The molecule has 1 fully saturated rings. The van der Waals surface area contributed by atoms with E-state index in [-0.39, 0.29) is 31.9 Å². The number of halogens is 7. The third-order valence-corrected chi connectivity index (χ3v) is 7.78. The van der Waals surface area contributed by atoms with E-state index in [2.05, 4.69) is 5.32 Å². The summed E-state index contributed by atoms with van der Waals surface area (Å²) in [5, 5.41) is 2.13. The van der Waals surface area contributed by atoms with Crippen LogP contribution in [-0.2, 0) is 10.2 Å². The van der Waals surface area contributed by atoms with Crippen molar-refractivity contribution in [1.82, 2.24) is 0 Å². The van der Waals surface area contributed by atoms with Crippen molar-refractivity contribution in [2.24, 2.45) is 5.73 Å². The molecule has 1 aliphatic carbocycles. The van der Waals surface area contributed by atoms with Crippen LogP contribution < -0.4 is 11.1 Å². The molecule has 11 heteroatoms. The summed E-state index contributed by atoms with van der Waals surface area (Å²) in [6, 6.07) is 11.5. The highest BCUT2D eigenvalue weighted by Crippen LogP contribution is 2.75. The minimum Gasteiger partial charge on any atom is -0.369 e. The van der Waals surface area contributed by atoms with E-state index in [0.29, 0.717) is 5.56 Å². The molecule has 3 aromatic rings. The first-order valence-corrected chi connectivity index (χ1v) is 11.5. The van der Waals surface area contributed by atoms with E-state index in [4.69, 9.17) is 63.7 Å². The lowest BCUT2D eigenvalue weighted by atomic mass is 9.88. The van der Waals surface area contributed by atoms with Crippen LogP contribution >= 0.6 is 58.0 Å². The van der Waals surface area contributed by atoms with Crippen LogP contribution in [-0.4, -0.2) is 16.1 Å². The number of anilines is 1. The van der Waals surface area contributed by atoms with Gasteiger partial charge in [-0.2, -0.15) is 0 Å². The van der Waals surface area contributed by atoms with Crippen molar-refractivity contribution in [3.8, 4) is 0 Å². The molecule has 2 unspecified atom stereocenters. The zero-order chi connectivity index (χ0) is 25.0. The number of nitrogens with one attached hydrogen (secondary N) is 1. The minimum absolute atomic E-state index is 0.0234. The molecule has 34 heavy (non-hydrogen) atoms. The van der Waals surface area contributed by atoms with Crippen molar-refractivity contribution in [1.29, 1.82) is 0 Å². The number of amides is 2. The SMILES string of the molecule is NC(=O)C1(c2ccc(Cl)c(C(=O)Nc3ccc(F)cc3)c2Cl)C(c2ccc(F)c(Cl)c2)C1(Cl)Cl. The molecule has 0 saturated heterocycles. The van der Waals surface area contributed by atoms with Gasteiger partial charge in [-0.1, -0.05) is 70.1 Å². The van der Waals surface area contributed by atoms with Crippen LogP contribution in [0, 0.1) is 11.6 Å². The first kappa shape index (κ1) is 25.0. The highest BCUT2D eigenvalue weighted by molar-refractivity contribution is 6.56. The zero-order valence-corrected chi connectivity index (χ0v) is 20.6. The van der Waals surface area contributed by atoms with Gasteiger partial charge in [0.15, 0.2) is 0 Å². The Hall–Kier alpha value is -2.09. The van der Waals surface area contributed by atoms with Crippen molar-refractivity contribution in [2.75, 3.05) is 5.32 Å². The van der Waals surface area contributed by atoms with Crippen molar-refractivity contribution in [3.05, 3.63) is 98.0 Å². The monoisotopic (exact) mass is 562 g/mol. The number of rotatable bonds is 5. The molecule has 2 atom stereocenters. The molecular weight excluding hydrogens is 552 g/mol. The second-order valence-corrected chi connectivity index (χ2v) is 10.2. The Labute approximate surface area is 217 Å². The highest BCUT2D eigenvalue weighted by atomic mass is 35.5. The van der Waals surface area contributed by atoms with E-state index in [0.717, 1.165) is 18.2 Å². The zero-order valence-electron chi connectivity index (χ0n) is 16.8. The predicted molar refractivity (Wildman–Crippen MR) is 130 cm³/mol. The van der Waals surface area contributed by atoms with Gasteiger partial charge in [0.05, 0.1) is 20.6 Å². The van der Waals surface area contributed by atoms with E-state index in [1.165, 1.54) is 36.4 Å². The van der Waals surface area contributed by atoms with E-state index in [1.54, 1.807) is 0 Å². The van der Waals surface area contributed by atoms with E-state index in [1.807, 2.05) is 0 Å². The molecule has 0 spiro atoms. The molecule has 0 heterocycles. The maximum Gasteiger partial charge on any atom is 0.258 e. The van der Waals surface area contributed by atoms with Crippen molar-refractivity contribution >= 4 is 75.5 Å². The maximum atomic E-state index is 13.7. The molecule has 4 rings (SSSR count). The lowest BCUT2D eigenvalue weighted by Crippen LogP contribution is -2.34. The van der Waals surface area contributed by atoms with Crippen LogP contribution in [0.2, 0.25) is 15.1 Å². The summed E-state index contributed by atoms with van der Waals surface area (Å²) in [6.45, 7) is 0. The van der Waals surface area contributed by atoms with Gasteiger partial charge in [-0.25, -0.2) is 8.78 Å². The number of nitrogens with two attached hydrogens (primary N) is 1. The summed E-state index contributed by atoms with van der Waals surface area (Å²) in [7, 11) is 0. The first-order chi connectivity index (χ1) is 15.9. The van der Waals surface area contributed by atoms with Gasteiger partial charge in [-0.05, 0) is 53.6 Å². The van der Waals surface area contributed by atoms with Gasteiger partial charge in [0.25, 0.3) is 5.91 Å². The molecular formula is C23H13Cl5F2N2O2. The number of alkyl halides is 2. The van der Waals surface area contributed by atoms with Gasteiger partial charge in [0.2, 0.25) is 5.91 Å². The summed E-state index contributed by atoms with van der Waals surface area (Å²) < 4.78 is 25.1. The predicted octanol–water partition coefficient (Wildman–Crippen LogP) is 6.87. The number of hydrogen-bond donors (Lipinski definition) is 2. The molecule has 1 saturated carbocycles. The van der Waals surface area contributed by atoms with Gasteiger partial charge >= 0.3 is 0 Å². The Morgan fingerprint density at radius 2 is 1.56 bits per heavy atom. The maximum absolute atomic E-state index is 13.7. The number of primary amides is 1. The molecule has 176 valence electrons. The summed E-state index contributed by atoms with van der Waals surface area (Å²) in [5.41, 5.74) is 4.51. The lowest BCUT2D eigenvalue weighted by molar-refractivity contribution is -0.120.